The van der Waals surface area contributed by atoms with Crippen LogP contribution in [-0.2, 0) is 22.7 Å². The van der Waals surface area contributed by atoms with E-state index in [2.05, 4.69) is 0 Å². The molecule has 0 radical (unpaired) electrons. The highest BCUT2D eigenvalue weighted by atomic mass is 16.5. The zero-order valence-electron chi connectivity index (χ0n) is 15.1. The number of para-hydroxylation sites is 2. The van der Waals surface area contributed by atoms with Crippen molar-refractivity contribution in [3.63, 3.8) is 0 Å². The second-order valence-electron chi connectivity index (χ2n) is 7.17. The molecule has 0 bridgehead atoms. The van der Waals surface area contributed by atoms with Crippen LogP contribution in [0.5, 0.6) is 11.5 Å². The maximum atomic E-state index is 9.75. The molecular weight excluding hydrogens is 328 g/mol. The molecule has 2 aromatic carbocycles. The van der Waals surface area contributed by atoms with Crippen LogP contribution in [0.1, 0.15) is 36.8 Å². The van der Waals surface area contributed by atoms with E-state index in [1.165, 1.54) is 0 Å². The van der Waals surface area contributed by atoms with Crippen molar-refractivity contribution in [1.82, 2.24) is 0 Å². The third kappa shape index (κ3) is 5.48. The summed E-state index contributed by atoms with van der Waals surface area (Å²) < 4.78 is 11.6. The molecule has 0 unspecified atom stereocenters. The van der Waals surface area contributed by atoms with Gasteiger partial charge in [0.05, 0.1) is 13.2 Å². The van der Waals surface area contributed by atoms with Crippen LogP contribution in [0.4, 0.5) is 0 Å². The van der Waals surface area contributed by atoms with Gasteiger partial charge < -0.3 is 19.7 Å². The quantitative estimate of drug-likeness (QED) is 0.723. The van der Waals surface area contributed by atoms with E-state index < -0.39 is 0 Å². The van der Waals surface area contributed by atoms with Gasteiger partial charge in [0.1, 0.15) is 11.5 Å². The van der Waals surface area contributed by atoms with Crippen LogP contribution in [-0.4, -0.2) is 23.4 Å². The van der Waals surface area contributed by atoms with Crippen molar-refractivity contribution < 1.29 is 19.7 Å². The molecule has 3 rings (SSSR count). The first-order valence-electron chi connectivity index (χ1n) is 9.41. The number of aromatic hydroxyl groups is 2. The number of benzene rings is 2. The minimum atomic E-state index is 0.304. The predicted octanol–water partition coefficient (Wildman–Crippen LogP) is 4.64. The Balaban J connectivity index is 1.30. The average molecular weight is 356 g/mol. The third-order valence-electron chi connectivity index (χ3n) is 5.17. The van der Waals surface area contributed by atoms with E-state index >= 15 is 0 Å². The first-order chi connectivity index (χ1) is 12.7. The van der Waals surface area contributed by atoms with Crippen molar-refractivity contribution in [2.75, 3.05) is 13.2 Å². The Kier molecular flexibility index (Phi) is 6.92. The van der Waals surface area contributed by atoms with Crippen LogP contribution < -0.4 is 0 Å². The molecule has 140 valence electrons. The van der Waals surface area contributed by atoms with Crippen molar-refractivity contribution in [3.8, 4) is 11.5 Å². The molecule has 4 heteroatoms. The lowest BCUT2D eigenvalue weighted by Crippen LogP contribution is -2.21. The maximum Gasteiger partial charge on any atom is 0.121 e. The Morgan fingerprint density at radius 3 is 1.42 bits per heavy atom. The lowest BCUT2D eigenvalue weighted by atomic mass is 9.83. The van der Waals surface area contributed by atoms with E-state index in [1.807, 2.05) is 36.4 Å². The summed E-state index contributed by atoms with van der Waals surface area (Å²) in [6, 6.07) is 14.7. The summed E-state index contributed by atoms with van der Waals surface area (Å²) in [7, 11) is 0. The van der Waals surface area contributed by atoms with Crippen LogP contribution in [0.2, 0.25) is 0 Å². The van der Waals surface area contributed by atoms with Gasteiger partial charge in [0.2, 0.25) is 0 Å². The molecule has 0 aromatic heterocycles. The molecule has 0 aliphatic heterocycles. The summed E-state index contributed by atoms with van der Waals surface area (Å²) in [6.45, 7) is 2.44. The molecule has 0 amide bonds. The molecule has 4 nitrogen and oxygen atoms in total. The molecule has 0 heterocycles. The van der Waals surface area contributed by atoms with E-state index in [0.717, 1.165) is 50.0 Å². The van der Waals surface area contributed by atoms with Gasteiger partial charge in [-0.25, -0.2) is 0 Å². The Bertz CT molecular complexity index is 618. The van der Waals surface area contributed by atoms with Gasteiger partial charge in [0.25, 0.3) is 0 Å². The van der Waals surface area contributed by atoms with Crippen molar-refractivity contribution in [2.45, 2.75) is 38.9 Å². The molecule has 0 saturated heterocycles. The Labute approximate surface area is 155 Å². The van der Waals surface area contributed by atoms with Gasteiger partial charge in [-0.2, -0.15) is 0 Å². The molecule has 1 aliphatic carbocycles. The molecule has 1 aliphatic rings. The molecule has 2 aromatic rings. The van der Waals surface area contributed by atoms with Gasteiger partial charge in [-0.15, -0.1) is 0 Å². The van der Waals surface area contributed by atoms with Gasteiger partial charge in [-0.05, 0) is 49.7 Å². The van der Waals surface area contributed by atoms with Crippen molar-refractivity contribution in [3.05, 3.63) is 59.7 Å². The molecule has 1 saturated carbocycles. The molecule has 26 heavy (non-hydrogen) atoms. The summed E-state index contributed by atoms with van der Waals surface area (Å²) in [5.74, 6) is 1.79. The summed E-state index contributed by atoms with van der Waals surface area (Å²) >= 11 is 0. The zero-order chi connectivity index (χ0) is 18.2. The average Bonchev–Trinajstić information content (AvgIpc) is 2.66. The highest BCUT2D eigenvalue weighted by Gasteiger charge is 2.21. The minimum absolute atomic E-state index is 0.304. The summed E-state index contributed by atoms with van der Waals surface area (Å²) in [4.78, 5) is 0. The fourth-order valence-corrected chi connectivity index (χ4v) is 3.50. The standard InChI is InChI=1S/C22H28O4/c23-21-7-3-1-5-19(21)15-25-13-17-9-11-18(12-10-17)14-26-16-20-6-2-4-8-22(20)24/h1-8,17-18,23-24H,9-16H2. The first kappa shape index (κ1) is 18.7. The minimum Gasteiger partial charge on any atom is -0.508 e. The van der Waals surface area contributed by atoms with Crippen molar-refractivity contribution in [1.29, 1.82) is 0 Å². The number of phenols is 2. The van der Waals surface area contributed by atoms with E-state index in [1.54, 1.807) is 12.1 Å². The molecule has 0 atom stereocenters. The maximum absolute atomic E-state index is 9.75. The second kappa shape index (κ2) is 9.60. The summed E-state index contributed by atoms with van der Waals surface area (Å²) in [5.41, 5.74) is 1.69. The van der Waals surface area contributed by atoms with Crippen LogP contribution >= 0.6 is 0 Å². The smallest absolute Gasteiger partial charge is 0.121 e. The SMILES string of the molecule is Oc1ccccc1COCC1CCC(COCc2ccccc2O)CC1. The number of hydrogen-bond donors (Lipinski definition) is 2. The highest BCUT2D eigenvalue weighted by Crippen LogP contribution is 2.30. The molecule has 2 N–H and O–H groups in total. The summed E-state index contributed by atoms with van der Waals surface area (Å²) in [6.07, 6.45) is 4.63. The van der Waals surface area contributed by atoms with E-state index in [4.69, 9.17) is 9.47 Å². The molecule has 1 fully saturated rings. The van der Waals surface area contributed by atoms with Crippen molar-refractivity contribution in [2.24, 2.45) is 11.8 Å². The monoisotopic (exact) mass is 356 g/mol. The Hall–Kier alpha value is -2.04. The topological polar surface area (TPSA) is 58.9 Å². The number of hydrogen-bond acceptors (Lipinski definition) is 4. The van der Waals surface area contributed by atoms with Crippen LogP contribution in [0.3, 0.4) is 0 Å². The van der Waals surface area contributed by atoms with Crippen molar-refractivity contribution >= 4 is 0 Å². The van der Waals surface area contributed by atoms with E-state index in [-0.39, 0.29) is 0 Å². The zero-order valence-corrected chi connectivity index (χ0v) is 15.1. The second-order valence-corrected chi connectivity index (χ2v) is 7.17. The van der Waals surface area contributed by atoms with E-state index in [0.29, 0.717) is 36.5 Å². The lowest BCUT2D eigenvalue weighted by Gasteiger charge is -2.28. The van der Waals surface area contributed by atoms with Gasteiger partial charge in [-0.3, -0.25) is 0 Å². The fourth-order valence-electron chi connectivity index (χ4n) is 3.50. The molecule has 0 spiro atoms. The number of ether oxygens (including phenoxy) is 2. The fraction of sp³-hybridized carbons (Fsp3) is 0.455. The summed E-state index contributed by atoms with van der Waals surface area (Å²) in [5, 5.41) is 19.5. The van der Waals surface area contributed by atoms with Crippen LogP contribution in [0, 0.1) is 11.8 Å². The van der Waals surface area contributed by atoms with Gasteiger partial charge in [0.15, 0.2) is 0 Å². The van der Waals surface area contributed by atoms with Gasteiger partial charge in [-0.1, -0.05) is 36.4 Å². The van der Waals surface area contributed by atoms with Crippen LogP contribution in [0.25, 0.3) is 0 Å². The largest absolute Gasteiger partial charge is 0.508 e. The lowest BCUT2D eigenvalue weighted by molar-refractivity contribution is 0.0390. The predicted molar refractivity (Wildman–Crippen MR) is 101 cm³/mol. The van der Waals surface area contributed by atoms with Crippen LogP contribution in [0.15, 0.2) is 48.5 Å². The Morgan fingerprint density at radius 1 is 0.654 bits per heavy atom. The normalized spacial score (nSPS) is 20.2. The van der Waals surface area contributed by atoms with Gasteiger partial charge >= 0.3 is 0 Å². The first-order valence-corrected chi connectivity index (χ1v) is 9.41. The third-order valence-corrected chi connectivity index (χ3v) is 5.17. The van der Waals surface area contributed by atoms with Gasteiger partial charge in [0, 0.05) is 24.3 Å². The highest BCUT2D eigenvalue weighted by molar-refractivity contribution is 5.31. The number of rotatable bonds is 8. The Morgan fingerprint density at radius 2 is 1.04 bits per heavy atom. The number of phenolic OH excluding ortho intramolecular Hbond substituents is 2. The molecular formula is C22H28O4. The van der Waals surface area contributed by atoms with E-state index in [9.17, 15) is 10.2 Å².